The lowest BCUT2D eigenvalue weighted by molar-refractivity contribution is -0.131. The summed E-state index contributed by atoms with van der Waals surface area (Å²) in [4.78, 5) is 47.1. The number of amides is 4. The molecule has 0 radical (unpaired) electrons. The van der Waals surface area contributed by atoms with Gasteiger partial charge < -0.3 is 4.98 Å². The van der Waals surface area contributed by atoms with E-state index < -0.39 is 23.8 Å². The van der Waals surface area contributed by atoms with Crippen molar-refractivity contribution in [2.75, 3.05) is 11.4 Å². The number of carbonyl (C=O) groups is 3. The SMILES string of the molecule is CCC(=NCCc1c[nH]c2ccccc12)C1C(=O)NC(=O)N(c2ccccc2C)C1=O. The Kier molecular flexibility index (Phi) is 5.66. The molecule has 7 nitrogen and oxygen atoms in total. The van der Waals surface area contributed by atoms with Crippen LogP contribution in [0.5, 0.6) is 0 Å². The Balaban J connectivity index is 1.57. The molecule has 1 fully saturated rings. The zero-order valence-electron chi connectivity index (χ0n) is 17.5. The standard InChI is InChI=1S/C24H24N4O3/c1-3-18(25-13-12-16-14-26-19-10-6-5-9-17(16)19)21-22(29)27-24(31)28(23(21)30)20-11-7-4-8-15(20)2/h4-11,14,21,26H,3,12-13H2,1-2H3,(H,27,29,31). The summed E-state index contributed by atoms with van der Waals surface area (Å²) in [5.74, 6) is -2.28. The molecule has 1 aliphatic heterocycles. The van der Waals surface area contributed by atoms with Crippen molar-refractivity contribution in [1.29, 1.82) is 0 Å². The van der Waals surface area contributed by atoms with Gasteiger partial charge in [-0.3, -0.25) is 19.9 Å². The van der Waals surface area contributed by atoms with Crippen LogP contribution >= 0.6 is 0 Å². The molecule has 158 valence electrons. The van der Waals surface area contributed by atoms with E-state index in [0.717, 1.165) is 26.9 Å². The van der Waals surface area contributed by atoms with Gasteiger partial charge in [0.05, 0.1) is 5.69 Å². The number of aromatic nitrogens is 1. The van der Waals surface area contributed by atoms with E-state index in [1.165, 1.54) is 0 Å². The predicted octanol–water partition coefficient (Wildman–Crippen LogP) is 3.77. The second-order valence-electron chi connectivity index (χ2n) is 7.52. The van der Waals surface area contributed by atoms with E-state index in [-0.39, 0.29) is 0 Å². The van der Waals surface area contributed by atoms with Crippen molar-refractivity contribution in [2.24, 2.45) is 10.9 Å². The molecule has 3 aromatic rings. The van der Waals surface area contributed by atoms with Crippen molar-refractivity contribution < 1.29 is 14.4 Å². The third-order valence-electron chi connectivity index (χ3n) is 5.59. The molecule has 1 saturated heterocycles. The summed E-state index contributed by atoms with van der Waals surface area (Å²) in [6, 6.07) is 14.4. The minimum atomic E-state index is -1.11. The lowest BCUT2D eigenvalue weighted by Crippen LogP contribution is -2.60. The maximum atomic E-state index is 13.2. The molecular formula is C24H24N4O3. The average molecular weight is 416 g/mol. The Morgan fingerprint density at radius 2 is 1.81 bits per heavy atom. The van der Waals surface area contributed by atoms with Crippen molar-refractivity contribution in [3.8, 4) is 0 Å². The van der Waals surface area contributed by atoms with Crippen LogP contribution in [-0.4, -0.2) is 35.1 Å². The van der Waals surface area contributed by atoms with E-state index in [1.54, 1.807) is 12.1 Å². The van der Waals surface area contributed by atoms with Crippen molar-refractivity contribution in [3.63, 3.8) is 0 Å². The molecule has 0 bridgehead atoms. The number of aromatic amines is 1. The highest BCUT2D eigenvalue weighted by atomic mass is 16.2. The van der Waals surface area contributed by atoms with Crippen LogP contribution in [-0.2, 0) is 16.0 Å². The van der Waals surface area contributed by atoms with Crippen molar-refractivity contribution in [3.05, 3.63) is 65.9 Å². The monoisotopic (exact) mass is 416 g/mol. The van der Waals surface area contributed by atoms with Gasteiger partial charge in [0.1, 0.15) is 0 Å². The summed E-state index contributed by atoms with van der Waals surface area (Å²) >= 11 is 0. The van der Waals surface area contributed by atoms with Gasteiger partial charge in [-0.2, -0.15) is 0 Å². The Hall–Kier alpha value is -3.74. The van der Waals surface area contributed by atoms with E-state index in [9.17, 15) is 14.4 Å². The Labute approximate surface area is 180 Å². The summed E-state index contributed by atoms with van der Waals surface area (Å²) < 4.78 is 0. The molecule has 1 unspecified atom stereocenters. The van der Waals surface area contributed by atoms with E-state index in [2.05, 4.69) is 21.4 Å². The molecule has 1 aliphatic rings. The van der Waals surface area contributed by atoms with Crippen molar-refractivity contribution in [2.45, 2.75) is 26.7 Å². The van der Waals surface area contributed by atoms with Crippen LogP contribution in [0.4, 0.5) is 10.5 Å². The summed E-state index contributed by atoms with van der Waals surface area (Å²) in [7, 11) is 0. The second kappa shape index (κ2) is 8.55. The quantitative estimate of drug-likeness (QED) is 0.473. The maximum Gasteiger partial charge on any atom is 0.335 e. The number of hydrogen-bond acceptors (Lipinski definition) is 4. The molecule has 2 aromatic carbocycles. The summed E-state index contributed by atoms with van der Waals surface area (Å²) in [5, 5.41) is 3.46. The number of anilines is 1. The normalized spacial score (nSPS) is 17.4. The first kappa shape index (κ1) is 20.5. The zero-order valence-corrected chi connectivity index (χ0v) is 17.5. The maximum absolute atomic E-state index is 13.2. The first-order valence-corrected chi connectivity index (χ1v) is 10.3. The van der Waals surface area contributed by atoms with E-state index in [4.69, 9.17) is 0 Å². The topological polar surface area (TPSA) is 94.6 Å². The number of imide groups is 2. The summed E-state index contributed by atoms with van der Waals surface area (Å²) in [6.07, 6.45) is 3.08. The van der Waals surface area contributed by atoms with Crippen LogP contribution < -0.4 is 10.2 Å². The lowest BCUT2D eigenvalue weighted by Gasteiger charge is -2.31. The molecule has 2 heterocycles. The van der Waals surface area contributed by atoms with Gasteiger partial charge in [0.2, 0.25) is 5.91 Å². The third-order valence-corrected chi connectivity index (χ3v) is 5.59. The molecule has 7 heteroatoms. The molecule has 1 atom stereocenters. The average Bonchev–Trinajstić information content (AvgIpc) is 3.17. The number of benzene rings is 2. The van der Waals surface area contributed by atoms with Crippen LogP contribution in [0.1, 0.15) is 24.5 Å². The molecule has 31 heavy (non-hydrogen) atoms. The third kappa shape index (κ3) is 3.86. The number of aliphatic imine (C=N–C) groups is 1. The minimum absolute atomic E-state index is 0.438. The van der Waals surface area contributed by atoms with E-state index in [0.29, 0.717) is 30.8 Å². The van der Waals surface area contributed by atoms with E-state index >= 15 is 0 Å². The lowest BCUT2D eigenvalue weighted by atomic mass is 9.95. The molecule has 4 amide bonds. The summed E-state index contributed by atoms with van der Waals surface area (Å²) in [5.41, 5.74) is 3.91. The minimum Gasteiger partial charge on any atom is -0.361 e. The highest BCUT2D eigenvalue weighted by Gasteiger charge is 2.43. The molecule has 0 saturated carbocycles. The number of nitrogens with zero attached hydrogens (tertiary/aromatic N) is 2. The molecule has 1 aromatic heterocycles. The Morgan fingerprint density at radius 3 is 2.58 bits per heavy atom. The number of barbiturate groups is 1. The number of nitrogens with one attached hydrogen (secondary N) is 2. The fraction of sp³-hybridized carbons (Fsp3) is 0.250. The molecule has 0 spiro atoms. The Bertz CT molecular complexity index is 1190. The number of urea groups is 1. The first-order valence-electron chi connectivity index (χ1n) is 10.3. The van der Waals surface area contributed by atoms with Gasteiger partial charge >= 0.3 is 6.03 Å². The number of aryl methyl sites for hydroxylation is 1. The smallest absolute Gasteiger partial charge is 0.335 e. The van der Waals surface area contributed by atoms with Gasteiger partial charge in [-0.15, -0.1) is 0 Å². The van der Waals surface area contributed by atoms with Crippen LogP contribution in [0, 0.1) is 12.8 Å². The number of carbonyl (C=O) groups excluding carboxylic acids is 3. The van der Waals surface area contributed by atoms with Gasteiger partial charge in [-0.05, 0) is 43.0 Å². The van der Waals surface area contributed by atoms with Gasteiger partial charge in [0.15, 0.2) is 5.92 Å². The number of rotatable bonds is 6. The largest absolute Gasteiger partial charge is 0.361 e. The second-order valence-corrected chi connectivity index (χ2v) is 7.52. The van der Waals surface area contributed by atoms with Crippen molar-refractivity contribution in [1.82, 2.24) is 10.3 Å². The summed E-state index contributed by atoms with van der Waals surface area (Å²) in [6.45, 7) is 4.12. The van der Waals surface area contributed by atoms with Crippen LogP contribution in [0.15, 0.2) is 59.7 Å². The highest BCUT2D eigenvalue weighted by Crippen LogP contribution is 2.25. The van der Waals surface area contributed by atoms with Crippen LogP contribution in [0.25, 0.3) is 10.9 Å². The van der Waals surface area contributed by atoms with E-state index in [1.807, 2.05) is 50.4 Å². The molecule has 0 aliphatic carbocycles. The van der Waals surface area contributed by atoms with Gasteiger partial charge in [-0.1, -0.05) is 43.3 Å². The number of fused-ring (bicyclic) bond motifs is 1. The fourth-order valence-electron chi connectivity index (χ4n) is 3.98. The highest BCUT2D eigenvalue weighted by molar-refractivity contribution is 6.35. The van der Waals surface area contributed by atoms with Crippen molar-refractivity contribution >= 4 is 40.1 Å². The molecular weight excluding hydrogens is 392 g/mol. The Morgan fingerprint density at radius 1 is 1.06 bits per heavy atom. The predicted molar refractivity (Wildman–Crippen MR) is 120 cm³/mol. The fourth-order valence-corrected chi connectivity index (χ4v) is 3.98. The van der Waals surface area contributed by atoms with Gasteiger partial charge in [0, 0.05) is 29.4 Å². The molecule has 4 rings (SSSR count). The zero-order chi connectivity index (χ0) is 22.0. The van der Waals surface area contributed by atoms with Crippen LogP contribution in [0.2, 0.25) is 0 Å². The van der Waals surface area contributed by atoms with Gasteiger partial charge in [-0.25, -0.2) is 9.69 Å². The number of para-hydroxylation sites is 2. The number of hydrogen-bond donors (Lipinski definition) is 2. The first-order chi connectivity index (χ1) is 15.0. The number of H-pyrrole nitrogens is 1. The van der Waals surface area contributed by atoms with Gasteiger partial charge in [0.25, 0.3) is 5.91 Å². The van der Waals surface area contributed by atoms with Crippen LogP contribution in [0.3, 0.4) is 0 Å². The molecule has 2 N–H and O–H groups in total.